The number of hydrogen-bond acceptors (Lipinski definition) is 2. The summed E-state index contributed by atoms with van der Waals surface area (Å²) in [6.07, 6.45) is 0. The molecule has 4 N–H and O–H groups in total. The lowest BCUT2D eigenvalue weighted by Gasteiger charge is -2.12. The molecule has 86 valence electrons. The predicted octanol–water partition coefficient (Wildman–Crippen LogP) is 1.34. The molecule has 0 aliphatic heterocycles. The highest BCUT2D eigenvalue weighted by Gasteiger charge is 2.13. The van der Waals surface area contributed by atoms with Crippen LogP contribution in [0, 0.1) is 0 Å². The standard InChI is InChI=1S/C10H12ClN3O2/c1-6(13-10(12)16)9(15)14-8-4-2-7(11)3-5-8/h2-6H,1H3,(H,14,15)(H3,12,13,16)/t6-/m0/s1. The quantitative estimate of drug-likeness (QED) is 0.746. The van der Waals surface area contributed by atoms with Crippen molar-refractivity contribution in [3.05, 3.63) is 29.3 Å². The number of carbonyl (C=O) groups excluding carboxylic acids is 2. The van der Waals surface area contributed by atoms with Gasteiger partial charge in [-0.05, 0) is 31.2 Å². The van der Waals surface area contributed by atoms with Gasteiger partial charge in [-0.1, -0.05) is 11.6 Å². The van der Waals surface area contributed by atoms with Gasteiger partial charge in [0.2, 0.25) is 5.91 Å². The zero-order chi connectivity index (χ0) is 12.1. The topological polar surface area (TPSA) is 84.2 Å². The van der Waals surface area contributed by atoms with Crippen molar-refractivity contribution >= 4 is 29.2 Å². The Morgan fingerprint density at radius 2 is 1.88 bits per heavy atom. The van der Waals surface area contributed by atoms with E-state index in [9.17, 15) is 9.59 Å². The molecule has 0 aliphatic rings. The normalized spacial score (nSPS) is 11.6. The number of nitrogens with two attached hydrogens (primary N) is 1. The predicted molar refractivity (Wildman–Crippen MR) is 62.3 cm³/mol. The third kappa shape index (κ3) is 3.78. The van der Waals surface area contributed by atoms with E-state index in [2.05, 4.69) is 10.6 Å². The van der Waals surface area contributed by atoms with Gasteiger partial charge in [0, 0.05) is 10.7 Å². The first-order valence-corrected chi connectivity index (χ1v) is 4.99. The van der Waals surface area contributed by atoms with Gasteiger partial charge in [-0.25, -0.2) is 4.79 Å². The summed E-state index contributed by atoms with van der Waals surface area (Å²) in [5.41, 5.74) is 5.50. The van der Waals surface area contributed by atoms with Crippen molar-refractivity contribution in [2.45, 2.75) is 13.0 Å². The maximum atomic E-state index is 11.5. The third-order valence-corrected chi connectivity index (χ3v) is 2.12. The lowest BCUT2D eigenvalue weighted by atomic mass is 10.2. The summed E-state index contributed by atoms with van der Waals surface area (Å²) in [7, 11) is 0. The summed E-state index contributed by atoms with van der Waals surface area (Å²) in [6, 6.07) is 5.22. The Morgan fingerprint density at radius 3 is 2.38 bits per heavy atom. The van der Waals surface area contributed by atoms with E-state index in [1.807, 2.05) is 0 Å². The average Bonchev–Trinajstić information content (AvgIpc) is 2.20. The molecule has 0 radical (unpaired) electrons. The highest BCUT2D eigenvalue weighted by atomic mass is 35.5. The monoisotopic (exact) mass is 241 g/mol. The Morgan fingerprint density at radius 1 is 1.31 bits per heavy atom. The number of carbonyl (C=O) groups is 2. The number of anilines is 1. The van der Waals surface area contributed by atoms with E-state index in [1.54, 1.807) is 24.3 Å². The summed E-state index contributed by atoms with van der Waals surface area (Å²) in [4.78, 5) is 22.0. The Kier molecular flexibility index (Phi) is 4.13. The molecule has 0 saturated heterocycles. The smallest absolute Gasteiger partial charge is 0.312 e. The summed E-state index contributed by atoms with van der Waals surface area (Å²) < 4.78 is 0. The van der Waals surface area contributed by atoms with E-state index >= 15 is 0 Å². The Labute approximate surface area is 98.0 Å². The van der Waals surface area contributed by atoms with Crippen LogP contribution >= 0.6 is 11.6 Å². The van der Waals surface area contributed by atoms with Gasteiger partial charge in [0.15, 0.2) is 0 Å². The molecule has 5 nitrogen and oxygen atoms in total. The van der Waals surface area contributed by atoms with Gasteiger partial charge in [-0.2, -0.15) is 0 Å². The van der Waals surface area contributed by atoms with Crippen LogP contribution in [0.2, 0.25) is 5.02 Å². The van der Waals surface area contributed by atoms with E-state index in [4.69, 9.17) is 17.3 Å². The van der Waals surface area contributed by atoms with Crippen LogP contribution in [0.25, 0.3) is 0 Å². The molecule has 0 saturated carbocycles. The van der Waals surface area contributed by atoms with E-state index < -0.39 is 12.1 Å². The first-order valence-electron chi connectivity index (χ1n) is 4.61. The zero-order valence-electron chi connectivity index (χ0n) is 8.66. The van der Waals surface area contributed by atoms with Gasteiger partial charge in [-0.3, -0.25) is 4.79 Å². The molecule has 0 fully saturated rings. The Hall–Kier alpha value is -1.75. The number of urea groups is 1. The molecular formula is C10H12ClN3O2. The lowest BCUT2D eigenvalue weighted by molar-refractivity contribution is -0.117. The molecule has 1 aromatic carbocycles. The minimum absolute atomic E-state index is 0.346. The molecule has 0 unspecified atom stereocenters. The second kappa shape index (κ2) is 5.37. The van der Waals surface area contributed by atoms with Crippen molar-refractivity contribution in [2.75, 3.05) is 5.32 Å². The Bertz CT molecular complexity index is 392. The van der Waals surface area contributed by atoms with Crippen LogP contribution in [-0.4, -0.2) is 18.0 Å². The molecule has 16 heavy (non-hydrogen) atoms. The summed E-state index contributed by atoms with van der Waals surface area (Å²) in [6.45, 7) is 1.54. The fraction of sp³-hybridized carbons (Fsp3) is 0.200. The third-order valence-electron chi connectivity index (χ3n) is 1.86. The lowest BCUT2D eigenvalue weighted by Crippen LogP contribution is -2.44. The molecule has 0 aromatic heterocycles. The number of hydrogen-bond donors (Lipinski definition) is 3. The van der Waals surface area contributed by atoms with Gasteiger partial charge in [0.25, 0.3) is 0 Å². The van der Waals surface area contributed by atoms with Crippen LogP contribution in [0.3, 0.4) is 0 Å². The van der Waals surface area contributed by atoms with Crippen LogP contribution in [0.4, 0.5) is 10.5 Å². The molecule has 6 heteroatoms. The van der Waals surface area contributed by atoms with Crippen molar-refractivity contribution in [2.24, 2.45) is 5.73 Å². The number of primary amides is 1. The molecule has 0 aliphatic carbocycles. The highest BCUT2D eigenvalue weighted by Crippen LogP contribution is 2.13. The van der Waals surface area contributed by atoms with Gasteiger partial charge in [0.1, 0.15) is 6.04 Å². The summed E-state index contributed by atoms with van der Waals surface area (Å²) >= 11 is 5.69. The van der Waals surface area contributed by atoms with Gasteiger partial charge >= 0.3 is 6.03 Å². The van der Waals surface area contributed by atoms with Gasteiger partial charge in [-0.15, -0.1) is 0 Å². The molecule has 0 spiro atoms. The number of amides is 3. The van der Waals surface area contributed by atoms with Crippen LogP contribution in [0.5, 0.6) is 0 Å². The van der Waals surface area contributed by atoms with Crippen molar-refractivity contribution in [1.29, 1.82) is 0 Å². The zero-order valence-corrected chi connectivity index (χ0v) is 9.41. The molecule has 0 heterocycles. The van der Waals surface area contributed by atoms with Crippen molar-refractivity contribution in [1.82, 2.24) is 5.32 Å². The van der Waals surface area contributed by atoms with Crippen molar-refractivity contribution in [3.8, 4) is 0 Å². The number of benzene rings is 1. The molecule has 1 atom stereocenters. The van der Waals surface area contributed by atoms with E-state index in [1.165, 1.54) is 6.92 Å². The molecule has 1 aromatic rings. The maximum Gasteiger partial charge on any atom is 0.312 e. The number of rotatable bonds is 3. The van der Waals surface area contributed by atoms with Gasteiger partial charge in [0.05, 0.1) is 0 Å². The summed E-state index contributed by atoms with van der Waals surface area (Å²) in [5, 5.41) is 5.47. The maximum absolute atomic E-state index is 11.5. The fourth-order valence-corrected chi connectivity index (χ4v) is 1.19. The first kappa shape index (κ1) is 12.3. The fourth-order valence-electron chi connectivity index (χ4n) is 1.06. The first-order chi connectivity index (χ1) is 7.49. The average molecular weight is 242 g/mol. The second-order valence-electron chi connectivity index (χ2n) is 3.23. The molecule has 0 bridgehead atoms. The van der Waals surface area contributed by atoms with Crippen LogP contribution in [-0.2, 0) is 4.79 Å². The molecule has 1 rings (SSSR count). The number of halogens is 1. The van der Waals surface area contributed by atoms with E-state index in [0.717, 1.165) is 0 Å². The number of nitrogens with one attached hydrogen (secondary N) is 2. The largest absolute Gasteiger partial charge is 0.352 e. The second-order valence-corrected chi connectivity index (χ2v) is 3.66. The van der Waals surface area contributed by atoms with Crippen molar-refractivity contribution in [3.63, 3.8) is 0 Å². The summed E-state index contributed by atoms with van der Waals surface area (Å²) in [5.74, 6) is -0.346. The van der Waals surface area contributed by atoms with E-state index in [0.29, 0.717) is 10.7 Å². The minimum atomic E-state index is -0.737. The van der Waals surface area contributed by atoms with Crippen LogP contribution < -0.4 is 16.4 Å². The van der Waals surface area contributed by atoms with E-state index in [-0.39, 0.29) is 5.91 Å². The van der Waals surface area contributed by atoms with Gasteiger partial charge < -0.3 is 16.4 Å². The minimum Gasteiger partial charge on any atom is -0.352 e. The Balaban J connectivity index is 2.57. The highest BCUT2D eigenvalue weighted by molar-refractivity contribution is 6.30. The van der Waals surface area contributed by atoms with Crippen molar-refractivity contribution < 1.29 is 9.59 Å². The SMILES string of the molecule is C[C@H](NC(N)=O)C(=O)Nc1ccc(Cl)cc1. The van der Waals surface area contributed by atoms with Crippen LogP contribution in [0.15, 0.2) is 24.3 Å². The molecular weight excluding hydrogens is 230 g/mol. The van der Waals surface area contributed by atoms with Crippen LogP contribution in [0.1, 0.15) is 6.92 Å². The molecule has 3 amide bonds.